The summed E-state index contributed by atoms with van der Waals surface area (Å²) in [5.41, 5.74) is 0.642. The number of hydrogen-bond donors (Lipinski definition) is 1. The summed E-state index contributed by atoms with van der Waals surface area (Å²) < 4.78 is 1.18. The summed E-state index contributed by atoms with van der Waals surface area (Å²) in [6, 6.07) is 16.8. The number of carbonyl (C=O) groups is 3. The van der Waals surface area contributed by atoms with E-state index in [-0.39, 0.29) is 18.4 Å². The lowest BCUT2D eigenvalue weighted by Crippen LogP contribution is -2.47. The molecule has 4 amide bonds. The van der Waals surface area contributed by atoms with Crippen LogP contribution in [0.2, 0.25) is 0 Å². The first-order valence-corrected chi connectivity index (χ1v) is 12.2. The molecule has 0 radical (unpaired) electrons. The maximum atomic E-state index is 13.3. The Morgan fingerprint density at radius 1 is 1.09 bits per heavy atom. The third-order valence-corrected chi connectivity index (χ3v) is 7.97. The molecule has 3 heterocycles. The lowest BCUT2D eigenvalue weighted by Gasteiger charge is -2.32. The molecule has 7 nitrogen and oxygen atoms in total. The molecule has 0 bridgehead atoms. The smallest absolute Gasteiger partial charge is 0.325 e. The van der Waals surface area contributed by atoms with Crippen molar-refractivity contribution in [3.63, 3.8) is 0 Å². The van der Waals surface area contributed by atoms with Crippen LogP contribution in [0.15, 0.2) is 54.6 Å². The molecule has 2 fully saturated rings. The number of aromatic nitrogens is 1. The molecule has 1 unspecified atom stereocenters. The number of piperidine rings is 1. The molecule has 170 valence electrons. The molecule has 0 saturated carbocycles. The SMILES string of the molecule is CCC1(c2ccccc2)NC(=O)N(CC(=O)N2CCC(c3nc4ccccc4s3)CC2)C1=O. The number of thiazole rings is 1. The zero-order valence-corrected chi connectivity index (χ0v) is 19.3. The summed E-state index contributed by atoms with van der Waals surface area (Å²) in [4.78, 5) is 46.6. The zero-order chi connectivity index (χ0) is 23.0. The number of likely N-dealkylation sites (tertiary alicyclic amines) is 1. The van der Waals surface area contributed by atoms with Gasteiger partial charge in [-0.1, -0.05) is 49.4 Å². The lowest BCUT2D eigenvalue weighted by molar-refractivity contribution is -0.139. The number of hydrogen-bond acceptors (Lipinski definition) is 5. The van der Waals surface area contributed by atoms with Crippen molar-refractivity contribution in [1.29, 1.82) is 0 Å². The summed E-state index contributed by atoms with van der Waals surface area (Å²) in [7, 11) is 0. The average Bonchev–Trinajstić information content (AvgIpc) is 3.39. The highest BCUT2D eigenvalue weighted by atomic mass is 32.1. The van der Waals surface area contributed by atoms with Crippen LogP contribution in [0.3, 0.4) is 0 Å². The topological polar surface area (TPSA) is 82.6 Å². The summed E-state index contributed by atoms with van der Waals surface area (Å²) in [6.45, 7) is 2.83. The van der Waals surface area contributed by atoms with Crippen LogP contribution in [0.1, 0.15) is 42.7 Å². The van der Waals surface area contributed by atoms with Gasteiger partial charge in [-0.15, -0.1) is 11.3 Å². The lowest BCUT2D eigenvalue weighted by atomic mass is 9.87. The van der Waals surface area contributed by atoms with Crippen LogP contribution in [0.4, 0.5) is 4.79 Å². The predicted molar refractivity (Wildman–Crippen MR) is 127 cm³/mol. The summed E-state index contributed by atoms with van der Waals surface area (Å²) >= 11 is 1.72. The third kappa shape index (κ3) is 3.78. The minimum absolute atomic E-state index is 0.193. The van der Waals surface area contributed by atoms with Gasteiger partial charge in [-0.05, 0) is 37.0 Å². The predicted octanol–water partition coefficient (Wildman–Crippen LogP) is 3.86. The van der Waals surface area contributed by atoms with Crippen LogP contribution in [-0.2, 0) is 15.1 Å². The molecule has 5 rings (SSSR count). The van der Waals surface area contributed by atoms with Gasteiger partial charge >= 0.3 is 6.03 Å². The fourth-order valence-electron chi connectivity index (χ4n) is 4.81. The number of nitrogens with one attached hydrogen (secondary N) is 1. The minimum atomic E-state index is -1.11. The number of carbonyl (C=O) groups excluding carboxylic acids is 3. The molecule has 2 aliphatic rings. The average molecular weight is 463 g/mol. The number of fused-ring (bicyclic) bond motifs is 1. The van der Waals surface area contributed by atoms with Gasteiger partial charge < -0.3 is 10.2 Å². The second-order valence-corrected chi connectivity index (χ2v) is 9.68. The molecule has 0 aliphatic carbocycles. The van der Waals surface area contributed by atoms with E-state index in [1.807, 2.05) is 55.5 Å². The summed E-state index contributed by atoms with van der Waals surface area (Å²) in [5, 5.41) is 3.96. The molecule has 2 saturated heterocycles. The highest BCUT2D eigenvalue weighted by molar-refractivity contribution is 7.18. The van der Waals surface area contributed by atoms with E-state index in [4.69, 9.17) is 4.98 Å². The van der Waals surface area contributed by atoms with Gasteiger partial charge in [0.1, 0.15) is 12.1 Å². The molecule has 8 heteroatoms. The fourth-order valence-corrected chi connectivity index (χ4v) is 5.94. The molecule has 2 aliphatic heterocycles. The molecule has 33 heavy (non-hydrogen) atoms. The van der Waals surface area contributed by atoms with Crippen molar-refractivity contribution in [2.45, 2.75) is 37.6 Å². The number of imide groups is 1. The van der Waals surface area contributed by atoms with Gasteiger partial charge in [0.2, 0.25) is 5.91 Å². The maximum Gasteiger partial charge on any atom is 0.325 e. The van der Waals surface area contributed by atoms with Crippen molar-refractivity contribution in [3.8, 4) is 0 Å². The number of benzene rings is 2. The molecule has 1 N–H and O–H groups in total. The van der Waals surface area contributed by atoms with Crippen LogP contribution < -0.4 is 5.32 Å². The monoisotopic (exact) mass is 462 g/mol. The highest BCUT2D eigenvalue weighted by Gasteiger charge is 2.51. The standard InChI is InChI=1S/C25H26N4O3S/c1-2-25(18-8-4-3-5-9-18)23(31)29(24(32)27-25)16-21(30)28-14-12-17(13-15-28)22-26-19-10-6-7-11-20(19)33-22/h3-11,17H,2,12-16H2,1H3,(H,27,32). The van der Waals surface area contributed by atoms with E-state index in [1.54, 1.807) is 16.2 Å². The van der Waals surface area contributed by atoms with Crippen molar-refractivity contribution in [1.82, 2.24) is 20.1 Å². The molecule has 3 aromatic rings. The molecule has 1 atom stereocenters. The second-order valence-electron chi connectivity index (χ2n) is 8.62. The molecule has 0 spiro atoms. The fraction of sp³-hybridized carbons (Fsp3) is 0.360. The number of rotatable bonds is 5. The minimum Gasteiger partial charge on any atom is -0.341 e. The molecular weight excluding hydrogens is 436 g/mol. The first-order valence-electron chi connectivity index (χ1n) is 11.3. The van der Waals surface area contributed by atoms with E-state index in [9.17, 15) is 14.4 Å². The van der Waals surface area contributed by atoms with Gasteiger partial charge in [-0.25, -0.2) is 9.78 Å². The molecule has 1 aromatic heterocycles. The first-order chi connectivity index (χ1) is 16.0. The van der Waals surface area contributed by atoms with Gasteiger partial charge in [0.25, 0.3) is 5.91 Å². The molecule has 2 aromatic carbocycles. The Balaban J connectivity index is 1.24. The van der Waals surface area contributed by atoms with Crippen LogP contribution in [0, 0.1) is 0 Å². The van der Waals surface area contributed by atoms with E-state index in [0.717, 1.165) is 33.8 Å². The second kappa shape index (κ2) is 8.59. The Kier molecular flexibility index (Phi) is 5.62. The Morgan fingerprint density at radius 2 is 1.79 bits per heavy atom. The van der Waals surface area contributed by atoms with Crippen LogP contribution >= 0.6 is 11.3 Å². The summed E-state index contributed by atoms with van der Waals surface area (Å²) in [6.07, 6.45) is 2.07. The third-order valence-electron chi connectivity index (χ3n) is 6.77. The van der Waals surface area contributed by atoms with Crippen molar-refractivity contribution in [3.05, 3.63) is 65.2 Å². The van der Waals surface area contributed by atoms with E-state index in [1.165, 1.54) is 4.70 Å². The van der Waals surface area contributed by atoms with Gasteiger partial charge in [0, 0.05) is 19.0 Å². The zero-order valence-electron chi connectivity index (χ0n) is 18.5. The Bertz CT molecular complexity index is 1170. The van der Waals surface area contributed by atoms with Gasteiger partial charge in [0.05, 0.1) is 15.2 Å². The van der Waals surface area contributed by atoms with Crippen molar-refractivity contribution in [2.75, 3.05) is 19.6 Å². The Hall–Kier alpha value is -3.26. The van der Waals surface area contributed by atoms with Gasteiger partial charge in [0.15, 0.2) is 0 Å². The van der Waals surface area contributed by atoms with Crippen LogP contribution in [0.25, 0.3) is 10.2 Å². The van der Waals surface area contributed by atoms with Crippen molar-refractivity contribution < 1.29 is 14.4 Å². The van der Waals surface area contributed by atoms with E-state index in [0.29, 0.717) is 25.4 Å². The molecular formula is C25H26N4O3S. The van der Waals surface area contributed by atoms with Crippen LogP contribution in [-0.4, -0.2) is 52.3 Å². The Labute approximate surface area is 196 Å². The van der Waals surface area contributed by atoms with Crippen LogP contribution in [0.5, 0.6) is 0 Å². The maximum absolute atomic E-state index is 13.3. The van der Waals surface area contributed by atoms with E-state index >= 15 is 0 Å². The number of para-hydroxylation sites is 1. The normalized spacial score (nSPS) is 21.6. The van der Waals surface area contributed by atoms with Crippen molar-refractivity contribution >= 4 is 39.4 Å². The number of urea groups is 1. The van der Waals surface area contributed by atoms with E-state index in [2.05, 4.69) is 11.4 Å². The van der Waals surface area contributed by atoms with Gasteiger partial charge in [-0.3, -0.25) is 14.5 Å². The Morgan fingerprint density at radius 3 is 2.48 bits per heavy atom. The quantitative estimate of drug-likeness (QED) is 0.584. The largest absolute Gasteiger partial charge is 0.341 e. The van der Waals surface area contributed by atoms with E-state index < -0.39 is 11.6 Å². The van der Waals surface area contributed by atoms with Gasteiger partial charge in [-0.2, -0.15) is 0 Å². The highest BCUT2D eigenvalue weighted by Crippen LogP contribution is 2.35. The first kappa shape index (κ1) is 21.6. The number of nitrogens with zero attached hydrogens (tertiary/aromatic N) is 3. The number of amides is 4. The van der Waals surface area contributed by atoms with Crippen molar-refractivity contribution in [2.24, 2.45) is 0 Å². The summed E-state index contributed by atoms with van der Waals surface area (Å²) in [5.74, 6) is -0.228.